The van der Waals surface area contributed by atoms with Gasteiger partial charge in [0.25, 0.3) is 10.1 Å². The molecule has 0 fully saturated rings. The van der Waals surface area contributed by atoms with Gasteiger partial charge in [0.2, 0.25) is 0 Å². The van der Waals surface area contributed by atoms with Crippen molar-refractivity contribution in [2.45, 2.75) is 4.90 Å². The van der Waals surface area contributed by atoms with Crippen molar-refractivity contribution in [1.29, 1.82) is 0 Å². The summed E-state index contributed by atoms with van der Waals surface area (Å²) in [7, 11) is -5.41. The number of benzene rings is 3. The van der Waals surface area contributed by atoms with Gasteiger partial charge in [-0.25, -0.2) is 8.78 Å². The molecule has 0 heterocycles. The van der Waals surface area contributed by atoms with Crippen LogP contribution in [-0.4, -0.2) is 31.8 Å². The molecule has 26 heavy (non-hydrogen) atoms. The second kappa shape index (κ2) is 8.43. The molecule has 0 aliphatic carbocycles. The average Bonchev–Trinajstić information content (AvgIpc) is 2.58. The third-order valence-electron chi connectivity index (χ3n) is 3.56. The fourth-order valence-corrected chi connectivity index (χ4v) is 5.11. The SMILES string of the molecule is O=S(=O)(O)c1ccc(P(c2ccc(F)cc2)c2ccc(F)cc2)cc1.[LiH]. The second-order valence-electron chi connectivity index (χ2n) is 5.26. The standard InChI is InChI=1S/C18H13F2O3PS.Li.H/c19-13-1-5-15(6-2-13)24(16-7-3-14(20)4-8-16)17-9-11-18(12-10-17)25(21,22)23;;/h1-12H,(H,21,22,23);;. The van der Waals surface area contributed by atoms with Gasteiger partial charge in [0.15, 0.2) is 0 Å². The molecule has 0 bridgehead atoms. The van der Waals surface area contributed by atoms with Crippen LogP contribution < -0.4 is 15.9 Å². The Hall–Kier alpha value is -1.54. The molecule has 0 radical (unpaired) electrons. The monoisotopic (exact) mass is 386 g/mol. The van der Waals surface area contributed by atoms with Crippen LogP contribution in [-0.2, 0) is 10.1 Å². The topological polar surface area (TPSA) is 54.4 Å². The van der Waals surface area contributed by atoms with Crippen molar-refractivity contribution in [2.24, 2.45) is 0 Å². The van der Waals surface area contributed by atoms with Crippen molar-refractivity contribution in [3.05, 3.63) is 84.4 Å². The van der Waals surface area contributed by atoms with Crippen LogP contribution in [0.1, 0.15) is 0 Å². The van der Waals surface area contributed by atoms with Crippen LogP contribution in [0.2, 0.25) is 0 Å². The molecular weight excluding hydrogens is 372 g/mol. The van der Waals surface area contributed by atoms with E-state index in [-0.39, 0.29) is 35.4 Å². The molecule has 8 heteroatoms. The Kier molecular flexibility index (Phi) is 6.73. The molecule has 0 aromatic heterocycles. The Balaban J connectivity index is 0.00000243. The van der Waals surface area contributed by atoms with Gasteiger partial charge in [-0.15, -0.1) is 0 Å². The number of hydrogen-bond donors (Lipinski definition) is 1. The second-order valence-corrected chi connectivity index (χ2v) is 8.90. The van der Waals surface area contributed by atoms with E-state index < -0.39 is 18.0 Å². The average molecular weight is 386 g/mol. The normalized spacial score (nSPS) is 11.2. The van der Waals surface area contributed by atoms with Gasteiger partial charge in [-0.05, 0) is 60.2 Å². The molecular formula is C18H14F2LiO3PS. The molecule has 3 rings (SSSR count). The molecule has 0 spiro atoms. The summed E-state index contributed by atoms with van der Waals surface area (Å²) >= 11 is 0. The van der Waals surface area contributed by atoms with Crippen LogP contribution in [0, 0.1) is 11.6 Å². The van der Waals surface area contributed by atoms with E-state index in [1.54, 1.807) is 36.4 Å². The Morgan fingerprint density at radius 2 is 0.962 bits per heavy atom. The third kappa shape index (κ3) is 4.79. The minimum absolute atomic E-state index is 0. The van der Waals surface area contributed by atoms with Gasteiger partial charge in [0, 0.05) is 0 Å². The van der Waals surface area contributed by atoms with E-state index in [1.165, 1.54) is 36.4 Å². The predicted octanol–water partition coefficient (Wildman–Crippen LogP) is 2.32. The molecule has 130 valence electrons. The third-order valence-corrected chi connectivity index (χ3v) is 6.87. The van der Waals surface area contributed by atoms with Gasteiger partial charge >= 0.3 is 18.9 Å². The summed E-state index contributed by atoms with van der Waals surface area (Å²) in [5.74, 6) is -0.723. The summed E-state index contributed by atoms with van der Waals surface area (Å²) < 4.78 is 58.0. The van der Waals surface area contributed by atoms with Crippen molar-refractivity contribution >= 4 is 52.8 Å². The van der Waals surface area contributed by atoms with Gasteiger partial charge in [-0.3, -0.25) is 4.55 Å². The van der Waals surface area contributed by atoms with Crippen LogP contribution in [0.25, 0.3) is 0 Å². The molecule has 0 aliphatic rings. The van der Waals surface area contributed by atoms with Crippen LogP contribution in [0.15, 0.2) is 77.7 Å². The van der Waals surface area contributed by atoms with E-state index in [1.807, 2.05) is 0 Å². The van der Waals surface area contributed by atoms with E-state index >= 15 is 0 Å². The molecule has 0 saturated carbocycles. The summed E-state index contributed by atoms with van der Waals surface area (Å²) in [6.07, 6.45) is 0. The molecule has 0 aliphatic heterocycles. The molecule has 3 nitrogen and oxygen atoms in total. The first-order chi connectivity index (χ1) is 11.8. The first kappa shape index (κ1) is 20.8. The molecule has 0 saturated heterocycles. The zero-order valence-corrected chi connectivity index (χ0v) is 14.5. The van der Waals surface area contributed by atoms with Gasteiger partial charge < -0.3 is 0 Å². The van der Waals surface area contributed by atoms with E-state index in [0.717, 1.165) is 15.9 Å². The van der Waals surface area contributed by atoms with Crippen LogP contribution in [0.5, 0.6) is 0 Å². The Morgan fingerprint density at radius 1 is 0.654 bits per heavy atom. The maximum atomic E-state index is 13.3. The fourth-order valence-electron chi connectivity index (χ4n) is 2.39. The fraction of sp³-hybridized carbons (Fsp3) is 0. The molecule has 0 unspecified atom stereocenters. The first-order valence-electron chi connectivity index (χ1n) is 7.23. The first-order valence-corrected chi connectivity index (χ1v) is 10.0. The van der Waals surface area contributed by atoms with Crippen molar-refractivity contribution in [2.75, 3.05) is 0 Å². The summed E-state index contributed by atoms with van der Waals surface area (Å²) in [5.41, 5.74) is 0. The maximum absolute atomic E-state index is 13.3. The Morgan fingerprint density at radius 3 is 1.27 bits per heavy atom. The van der Waals surface area contributed by atoms with E-state index in [9.17, 15) is 17.2 Å². The van der Waals surface area contributed by atoms with Crippen molar-refractivity contribution < 1.29 is 21.8 Å². The summed E-state index contributed by atoms with van der Waals surface area (Å²) in [5, 5.41) is 2.46. The minimum atomic E-state index is -4.28. The summed E-state index contributed by atoms with van der Waals surface area (Å²) in [6.45, 7) is 0. The van der Waals surface area contributed by atoms with Gasteiger partial charge in [0.1, 0.15) is 11.6 Å². The number of halogens is 2. The zero-order chi connectivity index (χ0) is 18.0. The van der Waals surface area contributed by atoms with Crippen LogP contribution in [0.4, 0.5) is 8.78 Å². The quantitative estimate of drug-likeness (QED) is 0.426. The van der Waals surface area contributed by atoms with Crippen molar-refractivity contribution in [1.82, 2.24) is 0 Å². The molecule has 3 aromatic carbocycles. The predicted molar refractivity (Wildman–Crippen MR) is 102 cm³/mol. The van der Waals surface area contributed by atoms with Gasteiger partial charge in [0.05, 0.1) is 4.90 Å². The Bertz CT molecular complexity index is 931. The molecule has 0 amide bonds. The van der Waals surface area contributed by atoms with Crippen molar-refractivity contribution in [3.8, 4) is 0 Å². The van der Waals surface area contributed by atoms with Crippen molar-refractivity contribution in [3.63, 3.8) is 0 Å². The van der Waals surface area contributed by atoms with Crippen LogP contribution in [0.3, 0.4) is 0 Å². The van der Waals surface area contributed by atoms with Gasteiger partial charge in [-0.1, -0.05) is 36.4 Å². The van der Waals surface area contributed by atoms with Crippen LogP contribution >= 0.6 is 7.92 Å². The summed E-state index contributed by atoms with van der Waals surface area (Å²) in [4.78, 5) is -0.204. The van der Waals surface area contributed by atoms with E-state index in [2.05, 4.69) is 0 Å². The summed E-state index contributed by atoms with van der Waals surface area (Å²) in [6, 6.07) is 17.8. The van der Waals surface area contributed by atoms with E-state index in [0.29, 0.717) is 0 Å². The van der Waals surface area contributed by atoms with E-state index in [4.69, 9.17) is 4.55 Å². The Labute approximate surface area is 163 Å². The molecule has 0 atom stereocenters. The number of rotatable bonds is 4. The molecule has 3 aromatic rings. The molecule has 1 N–H and O–H groups in total. The number of hydrogen-bond acceptors (Lipinski definition) is 2. The zero-order valence-electron chi connectivity index (χ0n) is 12.8. The van der Waals surface area contributed by atoms with Gasteiger partial charge in [-0.2, -0.15) is 8.42 Å².